The minimum absolute atomic E-state index is 0.397. The van der Waals surface area contributed by atoms with Gasteiger partial charge in [0.25, 0.3) is 17.7 Å². The van der Waals surface area contributed by atoms with Gasteiger partial charge in [-0.25, -0.2) is 4.79 Å². The number of aryl methyl sites for hydroxylation is 3. The molecule has 1 spiro atoms. The van der Waals surface area contributed by atoms with Gasteiger partial charge in [-0.1, -0.05) is 24.3 Å². The van der Waals surface area contributed by atoms with E-state index in [4.69, 9.17) is 0 Å². The van der Waals surface area contributed by atoms with Crippen molar-refractivity contribution in [3.8, 4) is 0 Å². The lowest BCUT2D eigenvalue weighted by molar-refractivity contribution is -0.135. The maximum Gasteiger partial charge on any atom is 0.325 e. The van der Waals surface area contributed by atoms with Gasteiger partial charge in [-0.15, -0.1) is 11.3 Å². The summed E-state index contributed by atoms with van der Waals surface area (Å²) >= 11 is 1.44. The predicted octanol–water partition coefficient (Wildman–Crippen LogP) is 1.78. The molecule has 2 aliphatic carbocycles. The van der Waals surface area contributed by atoms with E-state index in [-0.39, 0.29) is 0 Å². The fraction of sp³-hybridized carbons (Fsp3) is 0.364. The number of amides is 5. The average molecular weight is 439 g/mol. The average Bonchev–Trinajstić information content (AvgIpc) is 3.44. The fourth-order valence-electron chi connectivity index (χ4n) is 4.71. The van der Waals surface area contributed by atoms with Crippen LogP contribution in [0.25, 0.3) is 0 Å². The number of urea groups is 1. The van der Waals surface area contributed by atoms with E-state index < -0.39 is 35.8 Å². The Morgan fingerprint density at radius 1 is 1.06 bits per heavy atom. The normalized spacial score (nSPS) is 21.6. The van der Waals surface area contributed by atoms with Gasteiger partial charge in [-0.2, -0.15) is 0 Å². The molecular formula is C22H22N4O4S. The summed E-state index contributed by atoms with van der Waals surface area (Å²) < 4.78 is 0. The zero-order valence-electron chi connectivity index (χ0n) is 16.8. The first kappa shape index (κ1) is 19.7. The highest BCUT2D eigenvalue weighted by Gasteiger charge is 2.55. The van der Waals surface area contributed by atoms with E-state index in [1.54, 1.807) is 0 Å². The van der Waals surface area contributed by atoms with Gasteiger partial charge in [0, 0.05) is 4.88 Å². The summed E-state index contributed by atoms with van der Waals surface area (Å²) in [6.07, 6.45) is 5.36. The third kappa shape index (κ3) is 3.29. The van der Waals surface area contributed by atoms with E-state index >= 15 is 0 Å². The number of hydrogen-bond donors (Lipinski definition) is 3. The van der Waals surface area contributed by atoms with Crippen molar-refractivity contribution >= 4 is 35.1 Å². The predicted molar refractivity (Wildman–Crippen MR) is 113 cm³/mol. The summed E-state index contributed by atoms with van der Waals surface area (Å²) in [6, 6.07) is 8.78. The minimum atomic E-state index is -1.10. The molecule has 1 saturated heterocycles. The summed E-state index contributed by atoms with van der Waals surface area (Å²) in [6.45, 7) is -0.462. The van der Waals surface area contributed by atoms with Crippen molar-refractivity contribution in [1.29, 1.82) is 0 Å². The summed E-state index contributed by atoms with van der Waals surface area (Å²) in [5.74, 6) is -1.47. The molecule has 3 aliphatic rings. The van der Waals surface area contributed by atoms with Gasteiger partial charge in [0.2, 0.25) is 0 Å². The summed E-state index contributed by atoms with van der Waals surface area (Å²) in [5, 5.41) is 2.78. The molecule has 5 amide bonds. The number of nitrogens with one attached hydrogen (secondary N) is 3. The molecule has 1 aromatic carbocycles. The Morgan fingerprint density at radius 3 is 2.71 bits per heavy atom. The molecule has 5 rings (SSSR count). The number of imide groups is 1. The Kier molecular flexibility index (Phi) is 4.77. The molecule has 1 aliphatic heterocycles. The topological polar surface area (TPSA) is 108 Å². The quantitative estimate of drug-likeness (QED) is 0.502. The van der Waals surface area contributed by atoms with Gasteiger partial charge in [0.1, 0.15) is 12.1 Å². The number of hydrogen-bond acceptors (Lipinski definition) is 5. The summed E-state index contributed by atoms with van der Waals surface area (Å²) in [5.41, 5.74) is 6.62. The second-order valence-corrected chi connectivity index (χ2v) is 9.29. The first-order chi connectivity index (χ1) is 15.0. The number of carbonyl (C=O) groups is 4. The number of nitrogens with zero attached hydrogens (tertiary/aromatic N) is 1. The van der Waals surface area contributed by atoms with E-state index in [9.17, 15) is 19.2 Å². The van der Waals surface area contributed by atoms with Gasteiger partial charge < -0.3 is 5.32 Å². The summed E-state index contributed by atoms with van der Waals surface area (Å²) in [7, 11) is 0. The van der Waals surface area contributed by atoms with Gasteiger partial charge >= 0.3 is 6.03 Å². The van der Waals surface area contributed by atoms with E-state index in [2.05, 4.69) is 16.2 Å². The molecule has 0 bridgehead atoms. The number of rotatable bonds is 3. The van der Waals surface area contributed by atoms with Crippen LogP contribution in [0.5, 0.6) is 0 Å². The molecule has 1 unspecified atom stereocenters. The monoisotopic (exact) mass is 438 g/mol. The molecule has 1 aromatic heterocycles. The smallest absolute Gasteiger partial charge is 0.319 e. The molecular weight excluding hydrogens is 416 g/mol. The molecule has 1 fully saturated rings. The third-order valence-corrected chi connectivity index (χ3v) is 7.50. The maximum atomic E-state index is 13.1. The van der Waals surface area contributed by atoms with E-state index in [1.165, 1.54) is 21.8 Å². The lowest BCUT2D eigenvalue weighted by Gasteiger charge is -2.22. The first-order valence-corrected chi connectivity index (χ1v) is 11.2. The van der Waals surface area contributed by atoms with Gasteiger partial charge in [-0.3, -0.25) is 30.1 Å². The lowest BCUT2D eigenvalue weighted by Crippen LogP contribution is -2.48. The van der Waals surface area contributed by atoms with Crippen molar-refractivity contribution in [2.45, 2.75) is 44.1 Å². The molecule has 160 valence electrons. The Bertz CT molecular complexity index is 1090. The van der Waals surface area contributed by atoms with Gasteiger partial charge in [0.15, 0.2) is 0 Å². The van der Waals surface area contributed by atoms with E-state index in [1.807, 2.05) is 30.3 Å². The molecule has 1 atom stereocenters. The van der Waals surface area contributed by atoms with Gasteiger partial charge in [-0.05, 0) is 61.3 Å². The highest BCUT2D eigenvalue weighted by atomic mass is 32.1. The van der Waals surface area contributed by atoms with Gasteiger partial charge in [0.05, 0.1) is 4.88 Å². The van der Waals surface area contributed by atoms with Crippen molar-refractivity contribution in [3.05, 3.63) is 56.8 Å². The van der Waals surface area contributed by atoms with Crippen LogP contribution in [-0.4, -0.2) is 35.2 Å². The standard InChI is InChI=1S/C22H22N4O4S/c27-18(24-25-19(28)17-11-14-6-2-4-8-16(14)31-17)12-26-20(29)22(23-21(26)30)10-9-13-5-1-3-7-15(13)22/h1,3,5,7,11H,2,4,6,8-10,12H2,(H,23,30)(H,24,27)(H,25,28). The minimum Gasteiger partial charge on any atom is -0.319 e. The molecule has 8 nitrogen and oxygen atoms in total. The van der Waals surface area contributed by atoms with Crippen molar-refractivity contribution in [2.75, 3.05) is 6.54 Å². The fourth-order valence-corrected chi connectivity index (χ4v) is 5.86. The van der Waals surface area contributed by atoms with Crippen LogP contribution in [0.1, 0.15) is 50.5 Å². The second-order valence-electron chi connectivity index (χ2n) is 8.15. The summed E-state index contributed by atoms with van der Waals surface area (Å²) in [4.78, 5) is 53.0. The van der Waals surface area contributed by atoms with Crippen LogP contribution in [0.15, 0.2) is 30.3 Å². The lowest BCUT2D eigenvalue weighted by atomic mass is 9.92. The highest BCUT2D eigenvalue weighted by molar-refractivity contribution is 7.14. The SMILES string of the molecule is O=C(CN1C(=O)NC2(CCc3ccccc32)C1=O)NNC(=O)c1cc2c(s1)CCCC2. The Morgan fingerprint density at radius 2 is 1.87 bits per heavy atom. The molecule has 0 saturated carbocycles. The van der Waals surface area contributed by atoms with Crippen LogP contribution in [-0.2, 0) is 34.4 Å². The zero-order chi connectivity index (χ0) is 21.6. The molecule has 9 heteroatoms. The van der Waals surface area contributed by atoms with Crippen molar-refractivity contribution in [2.24, 2.45) is 0 Å². The van der Waals surface area contributed by atoms with Crippen LogP contribution in [0.4, 0.5) is 4.79 Å². The van der Waals surface area contributed by atoms with Crippen molar-refractivity contribution in [1.82, 2.24) is 21.1 Å². The molecule has 2 heterocycles. The molecule has 0 radical (unpaired) electrons. The Labute approximate surface area is 183 Å². The number of carbonyl (C=O) groups excluding carboxylic acids is 4. The van der Waals surface area contributed by atoms with E-state index in [0.29, 0.717) is 17.7 Å². The third-order valence-electron chi connectivity index (χ3n) is 6.26. The molecule has 2 aromatic rings. The Hall–Kier alpha value is -3.20. The van der Waals surface area contributed by atoms with Crippen LogP contribution in [0.3, 0.4) is 0 Å². The zero-order valence-corrected chi connectivity index (χ0v) is 17.6. The van der Waals surface area contributed by atoms with Crippen LogP contribution in [0.2, 0.25) is 0 Å². The number of benzene rings is 1. The largest absolute Gasteiger partial charge is 0.325 e. The van der Waals surface area contributed by atoms with E-state index in [0.717, 1.165) is 41.7 Å². The molecule has 31 heavy (non-hydrogen) atoms. The number of hydrazine groups is 1. The van der Waals surface area contributed by atoms with Crippen LogP contribution in [0, 0.1) is 0 Å². The molecule has 3 N–H and O–H groups in total. The van der Waals surface area contributed by atoms with Crippen LogP contribution >= 0.6 is 11.3 Å². The maximum absolute atomic E-state index is 13.1. The van der Waals surface area contributed by atoms with Crippen molar-refractivity contribution < 1.29 is 19.2 Å². The number of fused-ring (bicyclic) bond motifs is 3. The van der Waals surface area contributed by atoms with Crippen LogP contribution < -0.4 is 16.2 Å². The Balaban J connectivity index is 1.22. The first-order valence-electron chi connectivity index (χ1n) is 10.4. The van der Waals surface area contributed by atoms with Crippen molar-refractivity contribution in [3.63, 3.8) is 0 Å². The second kappa shape index (κ2) is 7.49. The highest BCUT2D eigenvalue weighted by Crippen LogP contribution is 2.41. The number of thiophene rings is 1.